The second kappa shape index (κ2) is 10.3. The van der Waals surface area contributed by atoms with Gasteiger partial charge in [-0.25, -0.2) is 0 Å². The highest BCUT2D eigenvalue weighted by Crippen LogP contribution is 2.28. The van der Waals surface area contributed by atoms with Crippen LogP contribution in [0.5, 0.6) is 0 Å². The van der Waals surface area contributed by atoms with Crippen molar-refractivity contribution in [2.45, 2.75) is 26.3 Å². The molecule has 2 heterocycles. The van der Waals surface area contributed by atoms with Gasteiger partial charge in [0.15, 0.2) is 5.11 Å². The lowest BCUT2D eigenvalue weighted by Gasteiger charge is -2.03. The maximum atomic E-state index is 12.1. The van der Waals surface area contributed by atoms with E-state index in [9.17, 15) is 4.79 Å². The van der Waals surface area contributed by atoms with Gasteiger partial charge in [0.2, 0.25) is 5.91 Å². The van der Waals surface area contributed by atoms with Crippen LogP contribution >= 0.6 is 35.4 Å². The van der Waals surface area contributed by atoms with Gasteiger partial charge in [0, 0.05) is 21.7 Å². The second-order valence-electron chi connectivity index (χ2n) is 6.20. The predicted octanol–water partition coefficient (Wildman–Crippen LogP) is 4.57. The number of anilines is 1. The van der Waals surface area contributed by atoms with Gasteiger partial charge >= 0.3 is 0 Å². The number of carbonyl (C=O) groups is 1. The molecular formula is C19H18Cl2N6O2S. The molecule has 0 saturated carbocycles. The molecule has 2 N–H and O–H groups in total. The number of rotatable bonds is 7. The van der Waals surface area contributed by atoms with Gasteiger partial charge in [-0.15, -0.1) is 5.10 Å². The Morgan fingerprint density at radius 1 is 1.27 bits per heavy atom. The third kappa shape index (κ3) is 6.38. The van der Waals surface area contributed by atoms with Crippen molar-refractivity contribution in [3.05, 3.63) is 52.2 Å². The van der Waals surface area contributed by atoms with Crippen molar-refractivity contribution in [1.29, 1.82) is 0 Å². The van der Waals surface area contributed by atoms with E-state index < -0.39 is 5.91 Å². The van der Waals surface area contributed by atoms with Gasteiger partial charge in [-0.3, -0.25) is 15.4 Å². The molecule has 8 nitrogen and oxygen atoms in total. The molecule has 0 aliphatic heterocycles. The second-order valence-corrected chi connectivity index (χ2v) is 7.48. The summed E-state index contributed by atoms with van der Waals surface area (Å²) in [5.41, 5.74) is 0.737. The minimum absolute atomic E-state index is 0.0633. The number of hydrogen-bond acceptors (Lipinski definition) is 6. The molecule has 0 atom stereocenters. The molecule has 3 aromatic rings. The molecular weight excluding hydrogens is 447 g/mol. The van der Waals surface area contributed by atoms with Gasteiger partial charge in [-0.2, -0.15) is 4.80 Å². The molecule has 0 unspecified atom stereocenters. The Balaban J connectivity index is 1.54. The Kier molecular flexibility index (Phi) is 7.56. The maximum Gasteiger partial charge on any atom is 0.269 e. The Morgan fingerprint density at radius 2 is 2.03 bits per heavy atom. The first-order chi connectivity index (χ1) is 14.4. The van der Waals surface area contributed by atoms with E-state index >= 15 is 0 Å². The van der Waals surface area contributed by atoms with Crippen LogP contribution < -0.4 is 10.6 Å². The van der Waals surface area contributed by atoms with Crippen LogP contribution in [0.2, 0.25) is 10.0 Å². The fourth-order valence-electron chi connectivity index (χ4n) is 2.43. The number of unbranched alkanes of at least 4 members (excludes halogenated alkanes) is 1. The fraction of sp³-hybridized carbons (Fsp3) is 0.211. The van der Waals surface area contributed by atoms with Gasteiger partial charge in [-0.1, -0.05) is 41.6 Å². The number of benzene rings is 1. The average Bonchev–Trinajstić information content (AvgIpc) is 3.33. The topological polar surface area (TPSA) is 97.9 Å². The van der Waals surface area contributed by atoms with Crippen LogP contribution in [0, 0.1) is 0 Å². The summed E-state index contributed by atoms with van der Waals surface area (Å²) < 4.78 is 5.70. The molecule has 0 fully saturated rings. The number of nitrogens with one attached hydrogen (secondary N) is 2. The molecule has 2 aromatic heterocycles. The van der Waals surface area contributed by atoms with Gasteiger partial charge in [0.1, 0.15) is 11.5 Å². The normalized spacial score (nSPS) is 11.0. The number of hydrogen-bond donors (Lipinski definition) is 2. The third-order valence-corrected chi connectivity index (χ3v) is 4.44. The van der Waals surface area contributed by atoms with Gasteiger partial charge in [-0.05, 0) is 60.3 Å². The number of aryl methyl sites for hydroxylation is 1. The van der Waals surface area contributed by atoms with E-state index in [1.165, 1.54) is 16.9 Å². The number of tetrazole rings is 1. The van der Waals surface area contributed by atoms with Crippen molar-refractivity contribution >= 4 is 58.5 Å². The van der Waals surface area contributed by atoms with E-state index in [1.807, 2.05) is 0 Å². The molecule has 0 bridgehead atoms. The van der Waals surface area contributed by atoms with E-state index in [2.05, 4.69) is 33.0 Å². The Hall–Kier alpha value is -2.75. The Labute approximate surface area is 188 Å². The number of carbonyl (C=O) groups excluding carboxylic acids is 1. The van der Waals surface area contributed by atoms with Crippen LogP contribution in [0.3, 0.4) is 0 Å². The Morgan fingerprint density at radius 3 is 2.77 bits per heavy atom. The SMILES string of the molecule is CCCCn1nnc(NC(=S)NC(=O)/C=C/c2ccc(-c3cc(Cl)cc(Cl)c3)o2)n1. The van der Waals surface area contributed by atoms with Crippen LogP contribution in [0.4, 0.5) is 5.95 Å². The van der Waals surface area contributed by atoms with Crippen molar-refractivity contribution in [2.75, 3.05) is 5.32 Å². The molecule has 0 saturated heterocycles. The van der Waals surface area contributed by atoms with Crippen molar-refractivity contribution < 1.29 is 9.21 Å². The van der Waals surface area contributed by atoms with E-state index in [4.69, 9.17) is 39.8 Å². The van der Waals surface area contributed by atoms with E-state index in [0.717, 1.165) is 18.4 Å². The first-order valence-electron chi connectivity index (χ1n) is 9.07. The van der Waals surface area contributed by atoms with Crippen molar-refractivity contribution in [2.24, 2.45) is 0 Å². The van der Waals surface area contributed by atoms with Gasteiger partial charge < -0.3 is 4.42 Å². The molecule has 0 radical (unpaired) electrons. The van der Waals surface area contributed by atoms with Crippen LogP contribution in [0.15, 0.2) is 40.8 Å². The van der Waals surface area contributed by atoms with Crippen molar-refractivity contribution in [1.82, 2.24) is 25.5 Å². The minimum Gasteiger partial charge on any atom is -0.457 e. The number of amides is 1. The van der Waals surface area contributed by atoms with Crippen LogP contribution in [0.25, 0.3) is 17.4 Å². The summed E-state index contributed by atoms with van der Waals surface area (Å²) >= 11 is 17.1. The summed E-state index contributed by atoms with van der Waals surface area (Å²) in [6, 6.07) is 8.60. The van der Waals surface area contributed by atoms with E-state index in [1.54, 1.807) is 30.3 Å². The molecule has 30 heavy (non-hydrogen) atoms. The molecule has 11 heteroatoms. The monoisotopic (exact) mass is 464 g/mol. The lowest BCUT2D eigenvalue weighted by atomic mass is 10.2. The summed E-state index contributed by atoms with van der Waals surface area (Å²) in [5.74, 6) is 0.843. The van der Waals surface area contributed by atoms with Gasteiger partial charge in [0.25, 0.3) is 5.95 Å². The Bertz CT molecular complexity index is 1060. The number of aromatic nitrogens is 4. The number of furan rings is 1. The highest BCUT2D eigenvalue weighted by Gasteiger charge is 2.08. The van der Waals surface area contributed by atoms with Crippen LogP contribution in [-0.4, -0.2) is 31.2 Å². The predicted molar refractivity (Wildman–Crippen MR) is 120 cm³/mol. The largest absolute Gasteiger partial charge is 0.457 e. The molecule has 0 aliphatic carbocycles. The molecule has 0 aliphatic rings. The fourth-order valence-corrected chi connectivity index (χ4v) is 3.14. The van der Waals surface area contributed by atoms with Crippen LogP contribution in [-0.2, 0) is 11.3 Å². The molecule has 0 spiro atoms. The molecule has 1 amide bonds. The van der Waals surface area contributed by atoms with Crippen molar-refractivity contribution in [3.8, 4) is 11.3 Å². The summed E-state index contributed by atoms with van der Waals surface area (Å²) in [4.78, 5) is 13.5. The zero-order valence-corrected chi connectivity index (χ0v) is 18.3. The van der Waals surface area contributed by atoms with Gasteiger partial charge in [0.05, 0.1) is 6.54 Å². The first-order valence-corrected chi connectivity index (χ1v) is 10.2. The first kappa shape index (κ1) is 21.9. The van der Waals surface area contributed by atoms with Crippen LogP contribution in [0.1, 0.15) is 25.5 Å². The zero-order valence-electron chi connectivity index (χ0n) is 15.9. The number of thiocarbonyl (C=S) groups is 1. The number of halogens is 2. The zero-order chi connectivity index (χ0) is 21.5. The third-order valence-electron chi connectivity index (χ3n) is 3.80. The molecule has 156 valence electrons. The summed E-state index contributed by atoms with van der Waals surface area (Å²) in [6.45, 7) is 2.74. The standard InChI is InChI=1S/C19H18Cl2N6O2S/c1-2-3-8-27-25-18(24-26-27)23-19(30)22-17(28)7-5-15-4-6-16(29-15)12-9-13(20)11-14(21)10-12/h4-7,9-11H,2-3,8H2,1H3,(H2,22,23,25,28,30)/b7-5+. The van der Waals surface area contributed by atoms with E-state index in [-0.39, 0.29) is 11.1 Å². The summed E-state index contributed by atoms with van der Waals surface area (Å²) in [5, 5.41) is 18.2. The lowest BCUT2D eigenvalue weighted by Crippen LogP contribution is -2.33. The lowest BCUT2D eigenvalue weighted by molar-refractivity contribution is -0.115. The smallest absolute Gasteiger partial charge is 0.269 e. The summed E-state index contributed by atoms with van der Waals surface area (Å²) in [6.07, 6.45) is 4.79. The average molecular weight is 465 g/mol. The van der Waals surface area contributed by atoms with E-state index in [0.29, 0.717) is 28.1 Å². The summed E-state index contributed by atoms with van der Waals surface area (Å²) in [7, 11) is 0. The van der Waals surface area contributed by atoms with Crippen molar-refractivity contribution in [3.63, 3.8) is 0 Å². The highest BCUT2D eigenvalue weighted by atomic mass is 35.5. The number of nitrogens with zero attached hydrogens (tertiary/aromatic N) is 4. The quantitative estimate of drug-likeness (QED) is 0.390. The highest BCUT2D eigenvalue weighted by molar-refractivity contribution is 7.80. The molecule has 3 rings (SSSR count). The molecule has 1 aromatic carbocycles. The maximum absolute atomic E-state index is 12.1. The minimum atomic E-state index is -0.436.